The fraction of sp³-hybridized carbons (Fsp3) is 0.200. The van der Waals surface area contributed by atoms with Gasteiger partial charge in [-0.15, -0.1) is 0 Å². The summed E-state index contributed by atoms with van der Waals surface area (Å²) in [4.78, 5) is 26.2. The lowest BCUT2D eigenvalue weighted by Crippen LogP contribution is -2.33. The van der Waals surface area contributed by atoms with E-state index in [1.54, 1.807) is 30.6 Å². The van der Waals surface area contributed by atoms with Gasteiger partial charge in [-0.3, -0.25) is 9.78 Å². The number of benzene rings is 2. The molecule has 0 saturated heterocycles. The van der Waals surface area contributed by atoms with Crippen molar-refractivity contribution in [1.82, 2.24) is 25.6 Å². The van der Waals surface area contributed by atoms with Gasteiger partial charge < -0.3 is 20.8 Å². The van der Waals surface area contributed by atoms with Crippen molar-refractivity contribution in [2.45, 2.75) is 0 Å². The van der Waals surface area contributed by atoms with Gasteiger partial charge in [-0.25, -0.2) is 9.97 Å². The molecule has 0 saturated carbocycles. The fourth-order valence-corrected chi connectivity index (χ4v) is 3.18. The molecule has 8 nitrogen and oxygen atoms in total. The van der Waals surface area contributed by atoms with Crippen molar-refractivity contribution >= 4 is 38.7 Å². The number of hydrogen-bond donors (Lipinski definition) is 4. The summed E-state index contributed by atoms with van der Waals surface area (Å²) in [6.07, 6.45) is 3.22. The van der Waals surface area contributed by atoms with Crippen LogP contribution in [0, 0.1) is 0 Å². The van der Waals surface area contributed by atoms with Gasteiger partial charge in [-0.2, -0.15) is 0 Å². The molecular weight excluding hydrogens is 358 g/mol. The molecule has 28 heavy (non-hydrogen) atoms. The molecule has 4 N–H and O–H groups in total. The highest BCUT2D eigenvalue weighted by Crippen LogP contribution is 2.36. The summed E-state index contributed by atoms with van der Waals surface area (Å²) in [5, 5.41) is 26.7. The number of nitrogens with one attached hydrogen (secondary N) is 2. The molecule has 8 heteroatoms. The molecule has 2 aromatic carbocycles. The third-order valence-corrected chi connectivity index (χ3v) is 4.48. The second-order valence-electron chi connectivity index (χ2n) is 6.28. The average molecular weight is 377 g/mol. The topological polar surface area (TPSA) is 120 Å². The van der Waals surface area contributed by atoms with Gasteiger partial charge in [0.25, 0.3) is 5.91 Å². The van der Waals surface area contributed by atoms with Crippen LogP contribution in [0.15, 0.2) is 42.7 Å². The predicted octanol–water partition coefficient (Wildman–Crippen LogP) is 1.35. The highest BCUT2D eigenvalue weighted by atomic mass is 16.3. The Balaban J connectivity index is 1.86. The van der Waals surface area contributed by atoms with Crippen molar-refractivity contribution in [3.8, 4) is 5.75 Å². The molecule has 2 aromatic heterocycles. The van der Waals surface area contributed by atoms with Crippen LogP contribution in [0.25, 0.3) is 32.8 Å². The Hall–Kier alpha value is -3.36. The first-order valence-corrected chi connectivity index (χ1v) is 8.95. The quantitative estimate of drug-likeness (QED) is 0.227. The first kappa shape index (κ1) is 18.0. The van der Waals surface area contributed by atoms with Crippen molar-refractivity contribution < 1.29 is 15.0 Å². The van der Waals surface area contributed by atoms with Crippen LogP contribution in [0.3, 0.4) is 0 Å². The molecule has 4 rings (SSSR count). The second kappa shape index (κ2) is 7.71. The van der Waals surface area contributed by atoms with E-state index in [9.17, 15) is 9.90 Å². The van der Waals surface area contributed by atoms with E-state index in [0.29, 0.717) is 47.1 Å². The van der Waals surface area contributed by atoms with E-state index >= 15 is 0 Å². The molecule has 1 amide bonds. The summed E-state index contributed by atoms with van der Waals surface area (Å²) in [5.74, 6) is -0.557. The summed E-state index contributed by atoms with van der Waals surface area (Å²) in [5.41, 5.74) is 2.18. The molecular formula is C20H19N5O3. The Labute approximate surface area is 160 Å². The molecule has 0 radical (unpaired) electrons. The normalized spacial score (nSPS) is 11.3. The number of aromatic nitrogens is 3. The molecule has 0 aliphatic rings. The molecule has 0 fully saturated rings. The van der Waals surface area contributed by atoms with Gasteiger partial charge in [0.1, 0.15) is 22.3 Å². The van der Waals surface area contributed by atoms with Crippen LogP contribution in [0.4, 0.5) is 0 Å². The van der Waals surface area contributed by atoms with Crippen LogP contribution >= 0.6 is 0 Å². The Morgan fingerprint density at radius 2 is 1.75 bits per heavy atom. The average Bonchev–Trinajstić information content (AvgIpc) is 2.73. The molecule has 142 valence electrons. The molecule has 0 atom stereocenters. The number of rotatable bonds is 6. The SMILES string of the molecule is O=C(NCCNCCO)c1c(O)c2ccccc2c2nc3ccncc3nc12. The number of fused-ring (bicyclic) bond motifs is 4. The number of pyridine rings is 1. The number of carbonyl (C=O) groups is 1. The number of carbonyl (C=O) groups excluding carboxylic acids is 1. The summed E-state index contributed by atoms with van der Waals surface area (Å²) in [6.45, 7) is 1.32. The maximum atomic E-state index is 12.9. The van der Waals surface area contributed by atoms with E-state index < -0.39 is 5.91 Å². The highest BCUT2D eigenvalue weighted by molar-refractivity contribution is 6.19. The van der Waals surface area contributed by atoms with Gasteiger partial charge in [0.05, 0.1) is 23.8 Å². The third-order valence-electron chi connectivity index (χ3n) is 4.48. The number of aliphatic hydroxyl groups is 1. The molecule has 0 bridgehead atoms. The zero-order valence-electron chi connectivity index (χ0n) is 15.0. The van der Waals surface area contributed by atoms with Crippen LogP contribution in [0.2, 0.25) is 0 Å². The number of amides is 1. The van der Waals surface area contributed by atoms with Crippen LogP contribution in [-0.2, 0) is 0 Å². The van der Waals surface area contributed by atoms with Crippen molar-refractivity contribution in [2.24, 2.45) is 0 Å². The lowest BCUT2D eigenvalue weighted by molar-refractivity contribution is 0.0953. The van der Waals surface area contributed by atoms with E-state index in [2.05, 4.69) is 25.6 Å². The Morgan fingerprint density at radius 1 is 0.964 bits per heavy atom. The van der Waals surface area contributed by atoms with E-state index in [1.807, 2.05) is 12.1 Å². The van der Waals surface area contributed by atoms with Crippen molar-refractivity contribution in [2.75, 3.05) is 26.2 Å². The summed E-state index contributed by atoms with van der Waals surface area (Å²) in [7, 11) is 0. The lowest BCUT2D eigenvalue weighted by atomic mass is 10.0. The molecule has 4 aromatic rings. The van der Waals surface area contributed by atoms with Crippen molar-refractivity contribution in [3.63, 3.8) is 0 Å². The molecule has 0 aliphatic carbocycles. The molecule has 0 unspecified atom stereocenters. The lowest BCUT2D eigenvalue weighted by Gasteiger charge is -2.13. The minimum Gasteiger partial charge on any atom is -0.506 e. The van der Waals surface area contributed by atoms with Gasteiger partial charge in [0.2, 0.25) is 0 Å². The molecule has 0 aliphatic heterocycles. The largest absolute Gasteiger partial charge is 0.506 e. The van der Waals surface area contributed by atoms with Crippen LogP contribution < -0.4 is 10.6 Å². The molecule has 2 heterocycles. The van der Waals surface area contributed by atoms with Gasteiger partial charge in [-0.05, 0) is 6.07 Å². The number of aromatic hydroxyl groups is 1. The van der Waals surface area contributed by atoms with Gasteiger partial charge in [0.15, 0.2) is 0 Å². The monoisotopic (exact) mass is 377 g/mol. The van der Waals surface area contributed by atoms with E-state index in [0.717, 1.165) is 5.39 Å². The highest BCUT2D eigenvalue weighted by Gasteiger charge is 2.22. The molecule has 0 spiro atoms. The first-order chi connectivity index (χ1) is 13.7. The summed E-state index contributed by atoms with van der Waals surface area (Å²) >= 11 is 0. The fourth-order valence-electron chi connectivity index (χ4n) is 3.18. The maximum Gasteiger partial charge on any atom is 0.257 e. The van der Waals surface area contributed by atoms with Crippen molar-refractivity contribution in [1.29, 1.82) is 0 Å². The number of phenols is 1. The second-order valence-corrected chi connectivity index (χ2v) is 6.28. The number of hydrogen-bond acceptors (Lipinski definition) is 7. The Bertz CT molecular complexity index is 1180. The number of nitrogens with zero attached hydrogens (tertiary/aromatic N) is 3. The summed E-state index contributed by atoms with van der Waals surface area (Å²) < 4.78 is 0. The minimum absolute atomic E-state index is 0.0285. The third kappa shape index (κ3) is 3.19. The van der Waals surface area contributed by atoms with E-state index in [4.69, 9.17) is 5.11 Å². The number of phenolic OH excluding ortho intramolecular Hbond substituents is 1. The Morgan fingerprint density at radius 3 is 2.57 bits per heavy atom. The van der Waals surface area contributed by atoms with Gasteiger partial charge in [-0.1, -0.05) is 24.3 Å². The zero-order chi connectivity index (χ0) is 19.5. The van der Waals surface area contributed by atoms with E-state index in [-0.39, 0.29) is 17.9 Å². The van der Waals surface area contributed by atoms with Gasteiger partial charge in [0, 0.05) is 36.6 Å². The zero-order valence-corrected chi connectivity index (χ0v) is 15.0. The Kier molecular flexibility index (Phi) is 4.96. The summed E-state index contributed by atoms with van der Waals surface area (Å²) in [6, 6.07) is 9.01. The van der Waals surface area contributed by atoms with Crippen molar-refractivity contribution in [3.05, 3.63) is 48.3 Å². The van der Waals surface area contributed by atoms with Crippen LogP contribution in [0.5, 0.6) is 5.75 Å². The maximum absolute atomic E-state index is 12.9. The predicted molar refractivity (Wildman–Crippen MR) is 106 cm³/mol. The van der Waals surface area contributed by atoms with Crippen LogP contribution in [0.1, 0.15) is 10.4 Å². The van der Waals surface area contributed by atoms with Crippen LogP contribution in [-0.4, -0.2) is 57.3 Å². The smallest absolute Gasteiger partial charge is 0.257 e. The number of aliphatic hydroxyl groups excluding tert-OH is 1. The van der Waals surface area contributed by atoms with E-state index in [1.165, 1.54) is 0 Å². The van der Waals surface area contributed by atoms with Gasteiger partial charge >= 0.3 is 0 Å². The minimum atomic E-state index is -0.434. The first-order valence-electron chi connectivity index (χ1n) is 8.95. The standard InChI is InChI=1S/C20H19N5O3/c26-10-9-21-7-8-23-20(28)16-18-17(12-3-1-2-4-13(12)19(16)27)24-14-5-6-22-11-15(14)25-18/h1-6,11,21,26-27H,7-10H2,(H,23,28).